The third-order valence-electron chi connectivity index (χ3n) is 3.73. The Balaban J connectivity index is 2.21. The molecule has 0 aliphatic rings. The molecule has 2 aromatic rings. The molecule has 0 aliphatic carbocycles. The van der Waals surface area contributed by atoms with Gasteiger partial charge in [0.05, 0.1) is 18.5 Å². The van der Waals surface area contributed by atoms with Crippen molar-refractivity contribution in [3.05, 3.63) is 53.9 Å². The molecular weight excluding hydrogens is 429 g/mol. The number of benzene rings is 2. The third-order valence-corrected chi connectivity index (χ3v) is 3.73. The molecule has 0 aromatic heterocycles. The maximum Gasteiger partial charge on any atom is 0.412 e. The smallest absolute Gasteiger partial charge is 0.412 e. The molecule has 0 radical (unpaired) electrons. The lowest BCUT2D eigenvalue weighted by atomic mass is 10.1. The molecule has 0 spiro atoms. The molecular formula is C22H23F3N2O5. The molecule has 32 heavy (non-hydrogen) atoms. The molecule has 7 nitrogen and oxygen atoms in total. The largest absolute Gasteiger partial charge is 0.493 e. The lowest BCUT2D eigenvalue weighted by Gasteiger charge is -2.20. The van der Waals surface area contributed by atoms with Crippen LogP contribution in [0.1, 0.15) is 26.3 Å². The van der Waals surface area contributed by atoms with E-state index in [0.717, 1.165) is 18.2 Å². The number of rotatable bonds is 7. The number of alkyl halides is 2. The minimum absolute atomic E-state index is 0.0276. The van der Waals surface area contributed by atoms with Crippen molar-refractivity contribution >= 4 is 29.5 Å². The number of halogens is 3. The van der Waals surface area contributed by atoms with Gasteiger partial charge in [-0.05, 0) is 51.1 Å². The summed E-state index contributed by atoms with van der Waals surface area (Å²) < 4.78 is 53.8. The van der Waals surface area contributed by atoms with E-state index in [0.29, 0.717) is 0 Å². The zero-order valence-electron chi connectivity index (χ0n) is 17.9. The van der Waals surface area contributed by atoms with Crippen LogP contribution in [0.15, 0.2) is 42.5 Å². The molecule has 2 amide bonds. The van der Waals surface area contributed by atoms with Crippen LogP contribution in [0.4, 0.5) is 29.3 Å². The van der Waals surface area contributed by atoms with E-state index in [1.54, 1.807) is 20.8 Å². The van der Waals surface area contributed by atoms with Crippen molar-refractivity contribution in [2.75, 3.05) is 17.7 Å². The standard InChI is InChI=1S/C22H23F3N2O5/c1-22(2,3)32-21(29)27-15-10-9-14(23)12-16(15)26-18(28)11-8-13-6-5-7-17(30-4)19(13)31-20(24)25/h5-12,20H,1-4H3,(H,26,28)(H,27,29)/b11-8+. The highest BCUT2D eigenvalue weighted by molar-refractivity contribution is 6.05. The number of methoxy groups -OCH3 is 1. The quantitative estimate of drug-likeness (QED) is 0.547. The van der Waals surface area contributed by atoms with Crippen molar-refractivity contribution in [1.29, 1.82) is 0 Å². The fourth-order valence-electron chi connectivity index (χ4n) is 2.52. The molecule has 0 atom stereocenters. The third kappa shape index (κ3) is 7.53. The second-order valence-electron chi connectivity index (χ2n) is 7.40. The fourth-order valence-corrected chi connectivity index (χ4v) is 2.52. The number of hydrogen-bond acceptors (Lipinski definition) is 5. The number of amides is 2. The highest BCUT2D eigenvalue weighted by atomic mass is 19.3. The van der Waals surface area contributed by atoms with E-state index < -0.39 is 30.0 Å². The van der Waals surface area contributed by atoms with Gasteiger partial charge in [-0.15, -0.1) is 0 Å². The van der Waals surface area contributed by atoms with Gasteiger partial charge in [0.2, 0.25) is 5.91 Å². The Morgan fingerprint density at radius 1 is 1.06 bits per heavy atom. The summed E-state index contributed by atoms with van der Waals surface area (Å²) >= 11 is 0. The lowest BCUT2D eigenvalue weighted by Crippen LogP contribution is -2.27. The molecule has 2 rings (SSSR count). The molecule has 0 aliphatic heterocycles. The predicted octanol–water partition coefficient (Wildman–Crippen LogP) is 5.43. The van der Waals surface area contributed by atoms with Crippen molar-refractivity contribution in [2.24, 2.45) is 0 Å². The average Bonchev–Trinajstić information content (AvgIpc) is 2.67. The summed E-state index contributed by atoms with van der Waals surface area (Å²) in [5, 5.41) is 4.86. The van der Waals surface area contributed by atoms with Crippen LogP contribution in [0, 0.1) is 5.82 Å². The molecule has 0 heterocycles. The summed E-state index contributed by atoms with van der Waals surface area (Å²) in [5.41, 5.74) is -0.526. The van der Waals surface area contributed by atoms with Gasteiger partial charge >= 0.3 is 12.7 Å². The van der Waals surface area contributed by atoms with Gasteiger partial charge in [-0.25, -0.2) is 9.18 Å². The minimum Gasteiger partial charge on any atom is -0.493 e. The van der Waals surface area contributed by atoms with Crippen molar-refractivity contribution in [1.82, 2.24) is 0 Å². The van der Waals surface area contributed by atoms with E-state index in [1.165, 1.54) is 37.5 Å². The van der Waals surface area contributed by atoms with Gasteiger partial charge in [0.1, 0.15) is 11.4 Å². The molecule has 2 aromatic carbocycles. The Hall–Kier alpha value is -3.69. The summed E-state index contributed by atoms with van der Waals surface area (Å²) in [6.07, 6.45) is 1.48. The van der Waals surface area contributed by atoms with E-state index in [-0.39, 0.29) is 28.4 Å². The van der Waals surface area contributed by atoms with E-state index in [9.17, 15) is 22.8 Å². The Labute approximate surface area is 183 Å². The fraction of sp³-hybridized carbons (Fsp3) is 0.273. The maximum atomic E-state index is 13.7. The van der Waals surface area contributed by atoms with Crippen LogP contribution in [-0.4, -0.2) is 31.3 Å². The SMILES string of the molecule is COc1cccc(/C=C/C(=O)Nc2cc(F)ccc2NC(=O)OC(C)(C)C)c1OC(F)F. The Morgan fingerprint density at radius 3 is 2.41 bits per heavy atom. The van der Waals surface area contributed by atoms with Crippen molar-refractivity contribution in [3.8, 4) is 11.5 Å². The summed E-state index contributed by atoms with van der Waals surface area (Å²) in [7, 11) is 1.29. The van der Waals surface area contributed by atoms with Crippen LogP contribution in [-0.2, 0) is 9.53 Å². The normalized spacial score (nSPS) is 11.4. The first kappa shape index (κ1) is 24.6. The van der Waals surface area contributed by atoms with Gasteiger partial charge < -0.3 is 19.5 Å². The second kappa shape index (κ2) is 10.6. The Kier molecular flexibility index (Phi) is 8.11. The van der Waals surface area contributed by atoms with Crippen LogP contribution in [0.3, 0.4) is 0 Å². The van der Waals surface area contributed by atoms with Gasteiger partial charge in [-0.3, -0.25) is 10.1 Å². The molecule has 10 heteroatoms. The number of carbonyl (C=O) groups excluding carboxylic acids is 2. The second-order valence-corrected chi connectivity index (χ2v) is 7.40. The van der Waals surface area contributed by atoms with E-state index in [1.807, 2.05) is 0 Å². The Bertz CT molecular complexity index is 1000. The van der Waals surface area contributed by atoms with Crippen molar-refractivity contribution in [3.63, 3.8) is 0 Å². The van der Waals surface area contributed by atoms with Gasteiger partial charge in [0.25, 0.3) is 0 Å². The zero-order valence-corrected chi connectivity index (χ0v) is 17.9. The van der Waals surface area contributed by atoms with Crippen LogP contribution in [0.2, 0.25) is 0 Å². The van der Waals surface area contributed by atoms with Crippen LogP contribution in [0.25, 0.3) is 6.08 Å². The number of nitrogens with one attached hydrogen (secondary N) is 2. The molecule has 0 unspecified atom stereocenters. The van der Waals surface area contributed by atoms with Gasteiger partial charge in [-0.1, -0.05) is 12.1 Å². The highest BCUT2D eigenvalue weighted by Gasteiger charge is 2.18. The number of carbonyl (C=O) groups is 2. The van der Waals surface area contributed by atoms with Crippen LogP contribution in [0.5, 0.6) is 11.5 Å². The first-order valence-corrected chi connectivity index (χ1v) is 9.39. The molecule has 2 N–H and O–H groups in total. The summed E-state index contributed by atoms with van der Waals surface area (Å²) in [6.45, 7) is 1.93. The predicted molar refractivity (Wildman–Crippen MR) is 114 cm³/mol. The first-order valence-electron chi connectivity index (χ1n) is 9.39. The average molecular weight is 452 g/mol. The van der Waals surface area contributed by atoms with Crippen molar-refractivity contribution < 1.29 is 37.0 Å². The van der Waals surface area contributed by atoms with E-state index >= 15 is 0 Å². The van der Waals surface area contributed by atoms with Gasteiger partial charge in [-0.2, -0.15) is 8.78 Å². The van der Waals surface area contributed by atoms with Crippen LogP contribution >= 0.6 is 0 Å². The summed E-state index contributed by atoms with van der Waals surface area (Å²) in [6, 6.07) is 7.77. The topological polar surface area (TPSA) is 85.9 Å². The molecule has 172 valence electrons. The number of hydrogen-bond donors (Lipinski definition) is 2. The minimum atomic E-state index is -3.10. The Morgan fingerprint density at radius 2 is 1.78 bits per heavy atom. The molecule has 0 saturated heterocycles. The van der Waals surface area contributed by atoms with E-state index in [2.05, 4.69) is 15.4 Å². The first-order chi connectivity index (χ1) is 15.0. The number of para-hydroxylation sites is 1. The lowest BCUT2D eigenvalue weighted by molar-refractivity contribution is -0.111. The number of anilines is 2. The monoisotopic (exact) mass is 452 g/mol. The van der Waals surface area contributed by atoms with Gasteiger partial charge in [0, 0.05) is 11.6 Å². The van der Waals surface area contributed by atoms with Crippen LogP contribution < -0.4 is 20.1 Å². The summed E-state index contributed by atoms with van der Waals surface area (Å²) in [4.78, 5) is 24.4. The number of ether oxygens (including phenoxy) is 3. The molecule has 0 fully saturated rings. The maximum absolute atomic E-state index is 13.7. The molecule has 0 bridgehead atoms. The highest BCUT2D eigenvalue weighted by Crippen LogP contribution is 2.33. The summed E-state index contributed by atoms with van der Waals surface area (Å²) in [5.74, 6) is -1.55. The molecule has 0 saturated carbocycles. The van der Waals surface area contributed by atoms with Gasteiger partial charge in [0.15, 0.2) is 11.5 Å². The zero-order chi connectivity index (χ0) is 23.9. The van der Waals surface area contributed by atoms with E-state index in [4.69, 9.17) is 9.47 Å². The van der Waals surface area contributed by atoms with Crippen molar-refractivity contribution in [2.45, 2.75) is 33.0 Å².